The van der Waals surface area contributed by atoms with Crippen molar-refractivity contribution in [1.29, 1.82) is 0 Å². The van der Waals surface area contributed by atoms with Gasteiger partial charge in [0, 0.05) is 5.02 Å². The maximum Gasteiger partial charge on any atom is 0.345 e. The average molecular weight is 295 g/mol. The number of benzene rings is 2. The van der Waals surface area contributed by atoms with E-state index in [2.05, 4.69) is 0 Å². The summed E-state index contributed by atoms with van der Waals surface area (Å²) in [7, 11) is 0. The van der Waals surface area contributed by atoms with Gasteiger partial charge in [0.15, 0.2) is 0 Å². The lowest BCUT2D eigenvalue weighted by Gasteiger charge is -2.08. The first kappa shape index (κ1) is 13.9. The van der Waals surface area contributed by atoms with E-state index in [4.69, 9.17) is 27.9 Å². The van der Waals surface area contributed by atoms with Crippen molar-refractivity contribution in [2.75, 3.05) is 0 Å². The quantitative estimate of drug-likeness (QED) is 0.586. The lowest BCUT2D eigenvalue weighted by Crippen LogP contribution is -2.09. The van der Waals surface area contributed by atoms with Crippen LogP contribution in [0.15, 0.2) is 36.4 Å². The van der Waals surface area contributed by atoms with E-state index in [9.17, 15) is 4.79 Å². The molecule has 0 spiro atoms. The summed E-state index contributed by atoms with van der Waals surface area (Å²) in [5.41, 5.74) is 2.36. The Kier molecular flexibility index (Phi) is 4.13. The van der Waals surface area contributed by atoms with Crippen molar-refractivity contribution in [3.63, 3.8) is 0 Å². The molecule has 0 amide bonds. The number of ether oxygens (including phenoxy) is 1. The SMILES string of the molecule is Cc1cc(C)cc(OC(=O)c2ccc(Cl)cc2Cl)c1. The molecule has 0 fully saturated rings. The Morgan fingerprint density at radius 1 is 1.00 bits per heavy atom. The second kappa shape index (κ2) is 5.64. The number of carbonyl (C=O) groups excluding carboxylic acids is 1. The first-order valence-electron chi connectivity index (χ1n) is 5.71. The maximum absolute atomic E-state index is 12.0. The normalized spacial score (nSPS) is 10.3. The fourth-order valence-electron chi connectivity index (χ4n) is 1.81. The van der Waals surface area contributed by atoms with Crippen LogP contribution < -0.4 is 4.74 Å². The van der Waals surface area contributed by atoms with Gasteiger partial charge in [0.25, 0.3) is 0 Å². The molecular weight excluding hydrogens is 283 g/mol. The zero-order chi connectivity index (χ0) is 14.0. The van der Waals surface area contributed by atoms with Crippen molar-refractivity contribution in [1.82, 2.24) is 0 Å². The molecule has 0 heterocycles. The zero-order valence-electron chi connectivity index (χ0n) is 10.5. The van der Waals surface area contributed by atoms with Crippen LogP contribution in [0.5, 0.6) is 5.75 Å². The fraction of sp³-hybridized carbons (Fsp3) is 0.133. The van der Waals surface area contributed by atoms with Gasteiger partial charge in [-0.15, -0.1) is 0 Å². The number of halogens is 2. The summed E-state index contributed by atoms with van der Waals surface area (Å²) >= 11 is 11.8. The summed E-state index contributed by atoms with van der Waals surface area (Å²) in [6.45, 7) is 3.89. The van der Waals surface area contributed by atoms with Crippen molar-refractivity contribution in [2.45, 2.75) is 13.8 Å². The number of rotatable bonds is 2. The Morgan fingerprint density at radius 2 is 1.63 bits per heavy atom. The van der Waals surface area contributed by atoms with Crippen molar-refractivity contribution in [3.8, 4) is 5.75 Å². The molecule has 2 aromatic rings. The lowest BCUT2D eigenvalue weighted by atomic mass is 10.1. The number of carbonyl (C=O) groups is 1. The van der Waals surface area contributed by atoms with Crippen LogP contribution in [-0.2, 0) is 0 Å². The number of hydrogen-bond acceptors (Lipinski definition) is 2. The Hall–Kier alpha value is -1.51. The topological polar surface area (TPSA) is 26.3 Å². The van der Waals surface area contributed by atoms with Crippen molar-refractivity contribution >= 4 is 29.2 Å². The molecule has 0 saturated carbocycles. The molecule has 0 atom stereocenters. The Morgan fingerprint density at radius 3 is 2.21 bits per heavy atom. The molecule has 0 saturated heterocycles. The molecule has 2 nitrogen and oxygen atoms in total. The largest absolute Gasteiger partial charge is 0.423 e. The fourth-order valence-corrected chi connectivity index (χ4v) is 2.29. The number of hydrogen-bond donors (Lipinski definition) is 0. The van der Waals surface area contributed by atoms with E-state index in [0.29, 0.717) is 16.3 Å². The first-order valence-corrected chi connectivity index (χ1v) is 6.47. The average Bonchev–Trinajstić information content (AvgIpc) is 2.26. The Labute approximate surface area is 121 Å². The van der Waals surface area contributed by atoms with Gasteiger partial charge in [-0.2, -0.15) is 0 Å². The summed E-state index contributed by atoms with van der Waals surface area (Å²) in [5, 5.41) is 0.759. The molecule has 0 aromatic heterocycles. The third kappa shape index (κ3) is 3.49. The van der Waals surface area contributed by atoms with E-state index in [0.717, 1.165) is 11.1 Å². The van der Waals surface area contributed by atoms with Gasteiger partial charge in [0.05, 0.1) is 10.6 Å². The van der Waals surface area contributed by atoms with Gasteiger partial charge in [0.1, 0.15) is 5.75 Å². The van der Waals surface area contributed by atoms with Crippen LogP contribution in [0.3, 0.4) is 0 Å². The Bertz CT molecular complexity index is 616. The highest BCUT2D eigenvalue weighted by molar-refractivity contribution is 6.36. The minimum Gasteiger partial charge on any atom is -0.423 e. The predicted octanol–water partition coefficient (Wildman–Crippen LogP) is 4.83. The van der Waals surface area contributed by atoms with E-state index >= 15 is 0 Å². The van der Waals surface area contributed by atoms with Crippen LogP contribution in [0.4, 0.5) is 0 Å². The monoisotopic (exact) mass is 294 g/mol. The van der Waals surface area contributed by atoms with E-state index in [1.807, 2.05) is 19.9 Å². The molecule has 2 rings (SSSR count). The van der Waals surface area contributed by atoms with Crippen LogP contribution >= 0.6 is 23.2 Å². The van der Waals surface area contributed by atoms with Gasteiger partial charge in [-0.3, -0.25) is 0 Å². The molecule has 2 aromatic carbocycles. The zero-order valence-corrected chi connectivity index (χ0v) is 12.0. The van der Waals surface area contributed by atoms with Crippen molar-refractivity contribution in [2.24, 2.45) is 0 Å². The highest BCUT2D eigenvalue weighted by Gasteiger charge is 2.13. The summed E-state index contributed by atoms with van der Waals surface area (Å²) in [6.07, 6.45) is 0. The van der Waals surface area contributed by atoms with Crippen molar-refractivity contribution in [3.05, 3.63) is 63.1 Å². The summed E-state index contributed by atoms with van der Waals surface area (Å²) in [6, 6.07) is 10.3. The van der Waals surface area contributed by atoms with Crippen LogP contribution in [0.25, 0.3) is 0 Å². The maximum atomic E-state index is 12.0. The second-order valence-electron chi connectivity index (χ2n) is 4.34. The van der Waals surface area contributed by atoms with E-state index < -0.39 is 5.97 Å². The molecule has 0 aliphatic heterocycles. The van der Waals surface area contributed by atoms with Crippen LogP contribution in [-0.4, -0.2) is 5.97 Å². The lowest BCUT2D eigenvalue weighted by molar-refractivity contribution is 0.0735. The van der Waals surface area contributed by atoms with Crippen LogP contribution in [0, 0.1) is 13.8 Å². The number of esters is 1. The van der Waals surface area contributed by atoms with Gasteiger partial charge in [-0.1, -0.05) is 29.3 Å². The highest BCUT2D eigenvalue weighted by atomic mass is 35.5. The minimum absolute atomic E-state index is 0.280. The van der Waals surface area contributed by atoms with Crippen LogP contribution in [0.1, 0.15) is 21.5 Å². The molecule has 0 radical (unpaired) electrons. The van der Waals surface area contributed by atoms with Gasteiger partial charge >= 0.3 is 5.97 Å². The third-order valence-electron chi connectivity index (χ3n) is 2.56. The molecule has 0 aliphatic rings. The second-order valence-corrected chi connectivity index (χ2v) is 5.18. The Balaban J connectivity index is 2.25. The smallest absolute Gasteiger partial charge is 0.345 e. The summed E-state index contributed by atoms with van der Waals surface area (Å²) in [5.74, 6) is 0.0141. The molecule has 0 aliphatic carbocycles. The van der Waals surface area contributed by atoms with E-state index in [-0.39, 0.29) is 5.02 Å². The number of aryl methyl sites for hydroxylation is 2. The molecule has 0 unspecified atom stereocenters. The molecule has 19 heavy (non-hydrogen) atoms. The molecule has 98 valence electrons. The predicted molar refractivity (Wildman–Crippen MR) is 77.3 cm³/mol. The summed E-state index contributed by atoms with van der Waals surface area (Å²) < 4.78 is 5.32. The van der Waals surface area contributed by atoms with E-state index in [1.54, 1.807) is 24.3 Å². The van der Waals surface area contributed by atoms with Gasteiger partial charge in [-0.25, -0.2) is 4.79 Å². The first-order chi connectivity index (χ1) is 8.95. The minimum atomic E-state index is -0.494. The molecule has 0 bridgehead atoms. The molecular formula is C15H12Cl2O2. The van der Waals surface area contributed by atoms with Gasteiger partial charge < -0.3 is 4.74 Å². The van der Waals surface area contributed by atoms with E-state index in [1.165, 1.54) is 6.07 Å². The van der Waals surface area contributed by atoms with Gasteiger partial charge in [-0.05, 0) is 55.3 Å². The third-order valence-corrected chi connectivity index (χ3v) is 3.10. The highest BCUT2D eigenvalue weighted by Crippen LogP contribution is 2.23. The van der Waals surface area contributed by atoms with Crippen LogP contribution in [0.2, 0.25) is 10.0 Å². The van der Waals surface area contributed by atoms with Gasteiger partial charge in [0.2, 0.25) is 0 Å². The standard InChI is InChI=1S/C15H12Cl2O2/c1-9-5-10(2)7-12(6-9)19-15(18)13-4-3-11(16)8-14(13)17/h3-8H,1-2H3. The molecule has 4 heteroatoms. The summed E-state index contributed by atoms with van der Waals surface area (Å²) in [4.78, 5) is 12.0. The molecule has 0 N–H and O–H groups in total. The van der Waals surface area contributed by atoms with Crippen molar-refractivity contribution < 1.29 is 9.53 Å².